The van der Waals surface area contributed by atoms with Crippen molar-refractivity contribution in [2.45, 2.75) is 13.8 Å². The van der Waals surface area contributed by atoms with Crippen molar-refractivity contribution in [3.63, 3.8) is 0 Å². The topological polar surface area (TPSA) is 25.8 Å². The molecule has 2 aromatic carbocycles. The van der Waals surface area contributed by atoms with Crippen molar-refractivity contribution in [1.82, 2.24) is 9.97 Å². The van der Waals surface area contributed by atoms with Crippen molar-refractivity contribution in [3.05, 3.63) is 84.2 Å². The van der Waals surface area contributed by atoms with Crippen LogP contribution in [0.5, 0.6) is 0 Å². The monoisotopic (exact) mass is 342 g/mol. The lowest BCUT2D eigenvalue weighted by molar-refractivity contribution is 1.32. The Morgan fingerprint density at radius 2 is 1.40 bits per heavy atom. The van der Waals surface area contributed by atoms with E-state index in [4.69, 9.17) is 4.98 Å². The van der Waals surface area contributed by atoms with Crippen LogP contribution in [0.3, 0.4) is 0 Å². The Labute approximate surface area is 151 Å². The van der Waals surface area contributed by atoms with Gasteiger partial charge in [0.2, 0.25) is 0 Å². The van der Waals surface area contributed by atoms with E-state index in [-0.39, 0.29) is 0 Å². The van der Waals surface area contributed by atoms with Gasteiger partial charge in [0.1, 0.15) is 5.01 Å². The van der Waals surface area contributed by atoms with Crippen molar-refractivity contribution < 1.29 is 0 Å². The number of aromatic nitrogens is 2. The molecule has 0 radical (unpaired) electrons. The summed E-state index contributed by atoms with van der Waals surface area (Å²) in [4.78, 5) is 10.3. The third-order valence-corrected chi connectivity index (χ3v) is 5.24. The minimum Gasteiger partial charge on any atom is -0.265 e. The van der Waals surface area contributed by atoms with Gasteiger partial charge in [0.05, 0.1) is 10.6 Å². The van der Waals surface area contributed by atoms with Crippen molar-refractivity contribution in [2.24, 2.45) is 0 Å². The number of pyridine rings is 1. The van der Waals surface area contributed by atoms with Gasteiger partial charge in [-0.3, -0.25) is 4.98 Å². The molecule has 2 nitrogen and oxygen atoms in total. The summed E-state index contributed by atoms with van der Waals surface area (Å²) in [5.41, 5.74) is 7.03. The summed E-state index contributed by atoms with van der Waals surface area (Å²) in [5.74, 6) is 0. The lowest BCUT2D eigenvalue weighted by Crippen LogP contribution is -1.86. The van der Waals surface area contributed by atoms with Crippen LogP contribution in [-0.4, -0.2) is 9.97 Å². The average molecular weight is 342 g/mol. The molecule has 4 rings (SSSR count). The van der Waals surface area contributed by atoms with Crippen LogP contribution >= 0.6 is 11.3 Å². The minimum atomic E-state index is 1.04. The first kappa shape index (κ1) is 15.7. The first-order valence-corrected chi connectivity index (χ1v) is 9.08. The van der Waals surface area contributed by atoms with E-state index in [9.17, 15) is 0 Å². The molecule has 25 heavy (non-hydrogen) atoms. The Hall–Kier alpha value is -2.78. The van der Waals surface area contributed by atoms with Gasteiger partial charge < -0.3 is 0 Å². The van der Waals surface area contributed by atoms with Crippen LogP contribution in [-0.2, 0) is 0 Å². The number of aryl methyl sites for hydroxylation is 2. The summed E-state index contributed by atoms with van der Waals surface area (Å²) < 4.78 is 0. The number of hydrogen-bond donors (Lipinski definition) is 0. The minimum absolute atomic E-state index is 1.04. The van der Waals surface area contributed by atoms with Gasteiger partial charge in [-0.05, 0) is 43.7 Å². The molecule has 2 heterocycles. The van der Waals surface area contributed by atoms with E-state index in [1.807, 2.05) is 18.5 Å². The first-order valence-electron chi connectivity index (χ1n) is 8.26. The maximum absolute atomic E-state index is 5.01. The van der Waals surface area contributed by atoms with Gasteiger partial charge in [0.15, 0.2) is 0 Å². The summed E-state index contributed by atoms with van der Waals surface area (Å²) in [6.07, 6.45) is 3.67. The largest absolute Gasteiger partial charge is 0.265 e. The molecule has 0 saturated carbocycles. The van der Waals surface area contributed by atoms with Crippen molar-refractivity contribution in [3.8, 4) is 32.3 Å². The fourth-order valence-corrected chi connectivity index (χ4v) is 4.13. The summed E-state index contributed by atoms with van der Waals surface area (Å²) in [7, 11) is 0. The molecule has 0 N–H and O–H groups in total. The maximum Gasteiger partial charge on any atom is 0.124 e. The van der Waals surface area contributed by atoms with Gasteiger partial charge in [-0.25, -0.2) is 4.98 Å². The molecule has 0 unspecified atom stereocenters. The highest BCUT2D eigenvalue weighted by Crippen LogP contribution is 2.40. The van der Waals surface area contributed by atoms with Crippen LogP contribution in [0.25, 0.3) is 32.3 Å². The molecule has 3 heteroatoms. The van der Waals surface area contributed by atoms with E-state index in [1.54, 1.807) is 11.3 Å². The standard InChI is InChI=1S/C22H18N2S/c1-15-12-16(2)14-19(13-15)20-21(17-8-10-23-11-9-17)25-22(24-20)18-6-4-3-5-7-18/h3-14H,1-2H3. The van der Waals surface area contributed by atoms with Crippen molar-refractivity contribution >= 4 is 11.3 Å². The molecule has 2 aromatic heterocycles. The quantitative estimate of drug-likeness (QED) is 0.446. The molecule has 0 amide bonds. The highest BCUT2D eigenvalue weighted by Gasteiger charge is 2.16. The molecule has 0 aliphatic heterocycles. The molecule has 122 valence electrons. The van der Waals surface area contributed by atoms with Crippen molar-refractivity contribution in [2.75, 3.05) is 0 Å². The van der Waals surface area contributed by atoms with Crippen molar-refractivity contribution in [1.29, 1.82) is 0 Å². The average Bonchev–Trinajstić information content (AvgIpc) is 3.08. The van der Waals surface area contributed by atoms with Crippen LogP contribution in [0, 0.1) is 13.8 Å². The Morgan fingerprint density at radius 3 is 2.08 bits per heavy atom. The van der Waals surface area contributed by atoms with Gasteiger partial charge >= 0.3 is 0 Å². The molecular weight excluding hydrogens is 324 g/mol. The Balaban J connectivity index is 1.94. The smallest absolute Gasteiger partial charge is 0.124 e. The number of thiazole rings is 1. The first-order chi connectivity index (χ1) is 12.2. The number of benzene rings is 2. The molecule has 4 aromatic rings. The van der Waals surface area contributed by atoms with Crippen LogP contribution in [0.4, 0.5) is 0 Å². The van der Waals surface area contributed by atoms with E-state index >= 15 is 0 Å². The highest BCUT2D eigenvalue weighted by atomic mass is 32.1. The second-order valence-corrected chi connectivity index (χ2v) is 7.17. The normalized spacial score (nSPS) is 10.8. The summed E-state index contributed by atoms with van der Waals surface area (Å²) >= 11 is 1.73. The summed E-state index contributed by atoms with van der Waals surface area (Å²) in [6.45, 7) is 4.26. The number of rotatable bonds is 3. The maximum atomic E-state index is 5.01. The fraction of sp³-hybridized carbons (Fsp3) is 0.0909. The van der Waals surface area contributed by atoms with Crippen LogP contribution < -0.4 is 0 Å². The number of hydrogen-bond acceptors (Lipinski definition) is 3. The molecule has 0 aliphatic rings. The number of nitrogens with zero attached hydrogens (tertiary/aromatic N) is 2. The Morgan fingerprint density at radius 1 is 0.720 bits per heavy atom. The second-order valence-electron chi connectivity index (χ2n) is 6.18. The second kappa shape index (κ2) is 6.61. The van der Waals surface area contributed by atoms with E-state index in [2.05, 4.69) is 73.4 Å². The van der Waals surface area contributed by atoms with Crippen LogP contribution in [0.2, 0.25) is 0 Å². The molecular formula is C22H18N2S. The van der Waals surface area contributed by atoms with E-state index in [0.717, 1.165) is 21.8 Å². The SMILES string of the molecule is Cc1cc(C)cc(-c2nc(-c3ccccc3)sc2-c2ccncc2)c1. The lowest BCUT2D eigenvalue weighted by Gasteiger charge is -2.05. The Bertz CT molecular complexity index is 985. The molecule has 0 atom stereocenters. The molecule has 0 aliphatic carbocycles. The van der Waals surface area contributed by atoms with Crippen LogP contribution in [0.15, 0.2) is 73.1 Å². The van der Waals surface area contributed by atoms with Gasteiger partial charge in [-0.1, -0.05) is 47.5 Å². The zero-order valence-electron chi connectivity index (χ0n) is 14.2. The van der Waals surface area contributed by atoms with Gasteiger partial charge in [-0.15, -0.1) is 11.3 Å². The van der Waals surface area contributed by atoms with Gasteiger partial charge in [0.25, 0.3) is 0 Å². The summed E-state index contributed by atoms with van der Waals surface area (Å²) in [6, 6.07) is 21.1. The zero-order valence-corrected chi connectivity index (χ0v) is 15.0. The van der Waals surface area contributed by atoms with E-state index in [0.29, 0.717) is 0 Å². The van der Waals surface area contributed by atoms with E-state index in [1.165, 1.54) is 21.6 Å². The lowest BCUT2D eigenvalue weighted by atomic mass is 10.0. The fourth-order valence-electron chi connectivity index (χ4n) is 3.03. The predicted octanol–water partition coefficient (Wildman–Crippen LogP) is 6.16. The molecule has 0 fully saturated rings. The van der Waals surface area contributed by atoms with Gasteiger partial charge in [-0.2, -0.15) is 0 Å². The summed E-state index contributed by atoms with van der Waals surface area (Å²) in [5, 5.41) is 1.04. The zero-order chi connectivity index (χ0) is 17.2. The highest BCUT2D eigenvalue weighted by molar-refractivity contribution is 7.19. The molecule has 0 spiro atoms. The molecule has 0 saturated heterocycles. The third-order valence-electron chi connectivity index (χ3n) is 4.09. The predicted molar refractivity (Wildman–Crippen MR) is 106 cm³/mol. The van der Waals surface area contributed by atoms with Crippen LogP contribution in [0.1, 0.15) is 11.1 Å². The molecule has 0 bridgehead atoms. The van der Waals surface area contributed by atoms with Gasteiger partial charge in [0, 0.05) is 23.5 Å². The third kappa shape index (κ3) is 3.24. The Kier molecular flexibility index (Phi) is 4.16. The van der Waals surface area contributed by atoms with E-state index < -0.39 is 0 Å².